The zero-order valence-electron chi connectivity index (χ0n) is 18.7. The minimum absolute atomic E-state index is 0.179. The van der Waals surface area contributed by atoms with E-state index in [1.807, 2.05) is 30.3 Å². The van der Waals surface area contributed by atoms with Crippen molar-refractivity contribution >= 4 is 23.2 Å². The van der Waals surface area contributed by atoms with E-state index in [-0.39, 0.29) is 11.8 Å². The normalized spacial score (nSPS) is 12.8. The molecule has 0 saturated heterocycles. The largest absolute Gasteiger partial charge is 0.354 e. The SMILES string of the molecule is NCCCC[C@H](NC(=O)[C@@H](N)Cc1ccccc1)C(=O)NCCc1ccc(CCCN)s1. The van der Waals surface area contributed by atoms with Crippen LogP contribution in [0.3, 0.4) is 0 Å². The molecule has 0 unspecified atom stereocenters. The molecule has 0 saturated carbocycles. The predicted molar refractivity (Wildman–Crippen MR) is 131 cm³/mol. The Balaban J connectivity index is 1.85. The third-order valence-corrected chi connectivity index (χ3v) is 6.44. The molecule has 8 N–H and O–H groups in total. The average Bonchev–Trinajstić information content (AvgIpc) is 3.25. The molecule has 0 fully saturated rings. The fourth-order valence-corrected chi connectivity index (χ4v) is 4.46. The van der Waals surface area contributed by atoms with Crippen molar-refractivity contribution in [3.8, 4) is 0 Å². The number of carbonyl (C=O) groups excluding carboxylic acids is 2. The second kappa shape index (κ2) is 14.7. The van der Waals surface area contributed by atoms with Gasteiger partial charge in [-0.25, -0.2) is 0 Å². The van der Waals surface area contributed by atoms with Crippen molar-refractivity contribution in [3.63, 3.8) is 0 Å². The maximum absolute atomic E-state index is 12.8. The zero-order chi connectivity index (χ0) is 23.2. The summed E-state index contributed by atoms with van der Waals surface area (Å²) in [5.41, 5.74) is 18.2. The second-order valence-electron chi connectivity index (χ2n) is 7.94. The Kier molecular flexibility index (Phi) is 12.0. The van der Waals surface area contributed by atoms with Crippen LogP contribution in [-0.4, -0.2) is 43.5 Å². The van der Waals surface area contributed by atoms with E-state index in [1.165, 1.54) is 9.75 Å². The van der Waals surface area contributed by atoms with E-state index in [4.69, 9.17) is 17.2 Å². The minimum Gasteiger partial charge on any atom is -0.354 e. The smallest absolute Gasteiger partial charge is 0.242 e. The molecule has 1 aromatic carbocycles. The predicted octanol–water partition coefficient (Wildman–Crippen LogP) is 1.48. The highest BCUT2D eigenvalue weighted by Crippen LogP contribution is 2.18. The summed E-state index contributed by atoms with van der Waals surface area (Å²) in [4.78, 5) is 28.0. The molecule has 8 heteroatoms. The van der Waals surface area contributed by atoms with E-state index in [9.17, 15) is 9.59 Å². The number of thiophene rings is 1. The number of hydrogen-bond acceptors (Lipinski definition) is 6. The molecule has 2 rings (SSSR count). The summed E-state index contributed by atoms with van der Waals surface area (Å²) in [5, 5.41) is 5.81. The van der Waals surface area contributed by atoms with Crippen molar-refractivity contribution in [2.24, 2.45) is 17.2 Å². The zero-order valence-corrected chi connectivity index (χ0v) is 19.5. The molecule has 32 heavy (non-hydrogen) atoms. The first kappa shape index (κ1) is 26.0. The summed E-state index contributed by atoms with van der Waals surface area (Å²) < 4.78 is 0. The summed E-state index contributed by atoms with van der Waals surface area (Å²) in [6, 6.07) is 12.5. The van der Waals surface area contributed by atoms with Gasteiger partial charge in [-0.15, -0.1) is 11.3 Å². The highest BCUT2D eigenvalue weighted by molar-refractivity contribution is 7.11. The number of benzene rings is 1. The molecule has 1 aromatic heterocycles. The van der Waals surface area contributed by atoms with Gasteiger partial charge in [-0.3, -0.25) is 9.59 Å². The van der Waals surface area contributed by atoms with Crippen LogP contribution in [0, 0.1) is 0 Å². The van der Waals surface area contributed by atoms with E-state index in [1.54, 1.807) is 11.3 Å². The van der Waals surface area contributed by atoms with Gasteiger partial charge in [0.1, 0.15) is 6.04 Å². The third kappa shape index (κ3) is 9.48. The molecule has 2 amide bonds. The number of aryl methyl sites for hydroxylation is 1. The highest BCUT2D eigenvalue weighted by Gasteiger charge is 2.23. The molecule has 0 radical (unpaired) electrons. The lowest BCUT2D eigenvalue weighted by Gasteiger charge is -2.21. The average molecular weight is 460 g/mol. The topological polar surface area (TPSA) is 136 Å². The van der Waals surface area contributed by atoms with Crippen LogP contribution in [0.15, 0.2) is 42.5 Å². The molecule has 0 aliphatic carbocycles. The van der Waals surface area contributed by atoms with Gasteiger partial charge >= 0.3 is 0 Å². The van der Waals surface area contributed by atoms with Crippen LogP contribution in [-0.2, 0) is 28.9 Å². The Morgan fingerprint density at radius 3 is 2.25 bits per heavy atom. The maximum atomic E-state index is 12.8. The fraction of sp³-hybridized carbons (Fsp3) is 0.500. The van der Waals surface area contributed by atoms with Gasteiger partial charge < -0.3 is 27.8 Å². The number of nitrogens with one attached hydrogen (secondary N) is 2. The Labute approximate surface area is 195 Å². The molecule has 2 aromatic rings. The van der Waals surface area contributed by atoms with Gasteiger partial charge in [0.05, 0.1) is 6.04 Å². The van der Waals surface area contributed by atoms with E-state index in [0.717, 1.165) is 37.7 Å². The van der Waals surface area contributed by atoms with Crippen LogP contribution in [0.1, 0.15) is 41.0 Å². The Morgan fingerprint density at radius 2 is 1.56 bits per heavy atom. The molecule has 0 spiro atoms. The molecule has 176 valence electrons. The van der Waals surface area contributed by atoms with Crippen LogP contribution < -0.4 is 27.8 Å². The Morgan fingerprint density at radius 1 is 0.875 bits per heavy atom. The van der Waals surface area contributed by atoms with Crippen LogP contribution >= 0.6 is 11.3 Å². The standard InChI is InChI=1S/C24H37N5O2S/c25-14-5-4-10-22(29-23(30)21(27)17-18-7-2-1-3-8-18)24(31)28-16-13-20-12-11-19(32-20)9-6-15-26/h1-3,7-8,11-12,21-22H,4-6,9-10,13-17,25-27H2,(H,28,31)(H,29,30)/t21-,22-/m0/s1. The van der Waals surface area contributed by atoms with E-state index < -0.39 is 12.1 Å². The molecular weight excluding hydrogens is 422 g/mol. The number of carbonyl (C=O) groups is 2. The second-order valence-corrected chi connectivity index (χ2v) is 9.20. The van der Waals surface area contributed by atoms with Crippen molar-refractivity contribution in [3.05, 3.63) is 57.8 Å². The monoisotopic (exact) mass is 459 g/mol. The van der Waals surface area contributed by atoms with Gasteiger partial charge in [0.25, 0.3) is 0 Å². The quantitative estimate of drug-likeness (QED) is 0.257. The first-order valence-corrected chi connectivity index (χ1v) is 12.2. The van der Waals surface area contributed by atoms with Crippen molar-refractivity contribution in [1.82, 2.24) is 10.6 Å². The first-order chi connectivity index (χ1) is 15.5. The number of hydrogen-bond donors (Lipinski definition) is 5. The Bertz CT molecular complexity index is 812. The number of amides is 2. The van der Waals surface area contributed by atoms with Crippen LogP contribution in [0.2, 0.25) is 0 Å². The fourth-order valence-electron chi connectivity index (χ4n) is 3.40. The van der Waals surface area contributed by atoms with Crippen molar-refractivity contribution < 1.29 is 9.59 Å². The lowest BCUT2D eigenvalue weighted by atomic mass is 10.0. The molecule has 2 atom stereocenters. The summed E-state index contributed by atoms with van der Waals surface area (Å²) in [5.74, 6) is -0.494. The summed E-state index contributed by atoms with van der Waals surface area (Å²) in [6.45, 7) is 1.77. The molecule has 0 bridgehead atoms. The Hall–Kier alpha value is -2.26. The number of rotatable bonds is 15. The number of nitrogens with two attached hydrogens (primary N) is 3. The molecule has 0 aliphatic heterocycles. The first-order valence-electron chi connectivity index (χ1n) is 11.4. The van der Waals surface area contributed by atoms with Gasteiger partial charge in [0, 0.05) is 16.3 Å². The highest BCUT2D eigenvalue weighted by atomic mass is 32.1. The maximum Gasteiger partial charge on any atom is 0.242 e. The van der Waals surface area contributed by atoms with Gasteiger partial charge in [-0.05, 0) is 75.7 Å². The molecule has 0 aliphatic rings. The summed E-state index contributed by atoms with van der Waals surface area (Å²) in [7, 11) is 0. The van der Waals surface area contributed by atoms with Crippen LogP contribution in [0.5, 0.6) is 0 Å². The minimum atomic E-state index is -0.708. The van der Waals surface area contributed by atoms with Crippen molar-refractivity contribution in [1.29, 1.82) is 0 Å². The van der Waals surface area contributed by atoms with Gasteiger partial charge in [0.2, 0.25) is 11.8 Å². The summed E-state index contributed by atoms with van der Waals surface area (Å²) >= 11 is 1.76. The molecule has 1 heterocycles. The van der Waals surface area contributed by atoms with Gasteiger partial charge in [0.15, 0.2) is 0 Å². The van der Waals surface area contributed by atoms with E-state index >= 15 is 0 Å². The van der Waals surface area contributed by atoms with Gasteiger partial charge in [-0.1, -0.05) is 30.3 Å². The lowest BCUT2D eigenvalue weighted by molar-refractivity contribution is -0.129. The van der Waals surface area contributed by atoms with E-state index in [0.29, 0.717) is 32.5 Å². The summed E-state index contributed by atoms with van der Waals surface area (Å²) in [6.07, 6.45) is 5.26. The lowest BCUT2D eigenvalue weighted by Crippen LogP contribution is -2.52. The van der Waals surface area contributed by atoms with Gasteiger partial charge in [-0.2, -0.15) is 0 Å². The van der Waals surface area contributed by atoms with Crippen LogP contribution in [0.4, 0.5) is 0 Å². The van der Waals surface area contributed by atoms with Crippen LogP contribution in [0.25, 0.3) is 0 Å². The molecule has 7 nitrogen and oxygen atoms in total. The number of unbranched alkanes of at least 4 members (excludes halogenated alkanes) is 1. The van der Waals surface area contributed by atoms with Crippen molar-refractivity contribution in [2.75, 3.05) is 19.6 Å². The third-order valence-electron chi connectivity index (χ3n) is 5.23. The molecular formula is C24H37N5O2S. The van der Waals surface area contributed by atoms with E-state index in [2.05, 4.69) is 22.8 Å². The van der Waals surface area contributed by atoms with Crippen molar-refractivity contribution in [2.45, 2.75) is 57.0 Å².